The minimum absolute atomic E-state index is 0.812. The van der Waals surface area contributed by atoms with E-state index >= 15 is 0 Å². The summed E-state index contributed by atoms with van der Waals surface area (Å²) in [7, 11) is 2.09. The number of aromatic nitrogens is 2. The standard InChI is InChI=1S/C17H19N3/c1-12-8-9-16(13(2)19-12)18-10-14-11-20(3)17-7-5-4-6-15(14)17/h4-9,11,18H,10H2,1-3H3. The van der Waals surface area contributed by atoms with Crippen LogP contribution in [0.4, 0.5) is 5.69 Å². The Kier molecular flexibility index (Phi) is 3.18. The van der Waals surface area contributed by atoms with Gasteiger partial charge >= 0.3 is 0 Å². The summed E-state index contributed by atoms with van der Waals surface area (Å²) in [5, 5.41) is 4.79. The molecule has 0 saturated carbocycles. The molecule has 3 rings (SSSR count). The van der Waals surface area contributed by atoms with Crippen LogP contribution in [0.3, 0.4) is 0 Å². The smallest absolute Gasteiger partial charge is 0.0606 e. The zero-order chi connectivity index (χ0) is 14.1. The van der Waals surface area contributed by atoms with Gasteiger partial charge in [0, 0.05) is 36.4 Å². The molecule has 3 aromatic rings. The van der Waals surface area contributed by atoms with Gasteiger partial charge in [0.1, 0.15) is 0 Å². The molecule has 3 nitrogen and oxygen atoms in total. The van der Waals surface area contributed by atoms with Crippen molar-refractivity contribution in [1.82, 2.24) is 9.55 Å². The second-order valence-electron chi connectivity index (χ2n) is 5.22. The van der Waals surface area contributed by atoms with Crippen LogP contribution in [0.1, 0.15) is 17.0 Å². The van der Waals surface area contributed by atoms with Crippen molar-refractivity contribution in [2.45, 2.75) is 20.4 Å². The molecular formula is C17H19N3. The Bertz CT molecular complexity index is 756. The van der Waals surface area contributed by atoms with Crippen LogP contribution in [0.2, 0.25) is 0 Å². The molecule has 1 aromatic carbocycles. The van der Waals surface area contributed by atoms with Gasteiger partial charge in [0.2, 0.25) is 0 Å². The minimum atomic E-state index is 0.812. The zero-order valence-electron chi connectivity index (χ0n) is 12.1. The summed E-state index contributed by atoms with van der Waals surface area (Å²) >= 11 is 0. The van der Waals surface area contributed by atoms with E-state index in [1.165, 1.54) is 16.5 Å². The van der Waals surface area contributed by atoms with Crippen LogP contribution in [0, 0.1) is 13.8 Å². The first kappa shape index (κ1) is 12.7. The summed E-state index contributed by atoms with van der Waals surface area (Å²) in [5.41, 5.74) is 5.78. The van der Waals surface area contributed by atoms with Gasteiger partial charge in [-0.2, -0.15) is 0 Å². The Hall–Kier alpha value is -2.29. The molecule has 2 heterocycles. The fraction of sp³-hybridized carbons (Fsp3) is 0.235. The second-order valence-corrected chi connectivity index (χ2v) is 5.22. The maximum absolute atomic E-state index is 4.49. The van der Waals surface area contributed by atoms with E-state index in [0.29, 0.717) is 0 Å². The molecule has 0 saturated heterocycles. The van der Waals surface area contributed by atoms with Crippen LogP contribution in [0.5, 0.6) is 0 Å². The maximum Gasteiger partial charge on any atom is 0.0606 e. The van der Waals surface area contributed by atoms with Gasteiger partial charge in [0.25, 0.3) is 0 Å². The Labute approximate surface area is 119 Å². The Morgan fingerprint density at radius 1 is 1.10 bits per heavy atom. The SMILES string of the molecule is Cc1ccc(NCc2cn(C)c3ccccc23)c(C)n1. The average molecular weight is 265 g/mol. The van der Waals surface area contributed by atoms with E-state index in [1.54, 1.807) is 0 Å². The maximum atomic E-state index is 4.49. The highest BCUT2D eigenvalue weighted by Gasteiger charge is 2.06. The summed E-state index contributed by atoms with van der Waals surface area (Å²) < 4.78 is 2.17. The summed E-state index contributed by atoms with van der Waals surface area (Å²) in [6.45, 7) is 4.87. The van der Waals surface area contributed by atoms with Crippen molar-refractivity contribution < 1.29 is 0 Å². The van der Waals surface area contributed by atoms with Crippen LogP contribution in [0.15, 0.2) is 42.6 Å². The lowest BCUT2D eigenvalue weighted by Gasteiger charge is -2.09. The molecule has 0 amide bonds. The Morgan fingerprint density at radius 2 is 1.90 bits per heavy atom. The van der Waals surface area contributed by atoms with Gasteiger partial charge in [0.05, 0.1) is 11.4 Å². The summed E-state index contributed by atoms with van der Waals surface area (Å²) in [5.74, 6) is 0. The van der Waals surface area contributed by atoms with Crippen molar-refractivity contribution in [2.24, 2.45) is 7.05 Å². The molecule has 2 aromatic heterocycles. The first-order valence-corrected chi connectivity index (χ1v) is 6.86. The summed E-state index contributed by atoms with van der Waals surface area (Å²) in [6, 6.07) is 12.6. The third kappa shape index (κ3) is 2.27. The Morgan fingerprint density at radius 3 is 2.70 bits per heavy atom. The van der Waals surface area contributed by atoms with Crippen molar-refractivity contribution in [1.29, 1.82) is 0 Å². The lowest BCUT2D eigenvalue weighted by atomic mass is 10.1. The summed E-state index contributed by atoms with van der Waals surface area (Å²) in [6.07, 6.45) is 2.19. The molecule has 0 aliphatic carbocycles. The molecule has 102 valence electrons. The molecule has 1 N–H and O–H groups in total. The molecule has 0 atom stereocenters. The molecule has 3 heteroatoms. The van der Waals surface area contributed by atoms with Crippen LogP contribution >= 0.6 is 0 Å². The molecule has 20 heavy (non-hydrogen) atoms. The molecule has 0 fully saturated rings. The van der Waals surface area contributed by atoms with Crippen LogP contribution < -0.4 is 5.32 Å². The van der Waals surface area contributed by atoms with E-state index in [4.69, 9.17) is 0 Å². The molecule has 0 aliphatic rings. The molecule has 0 unspecified atom stereocenters. The topological polar surface area (TPSA) is 29.9 Å². The second kappa shape index (κ2) is 5.00. The zero-order valence-corrected chi connectivity index (χ0v) is 12.1. The number of para-hydroxylation sites is 1. The van der Waals surface area contributed by atoms with Crippen molar-refractivity contribution >= 4 is 16.6 Å². The first-order chi connectivity index (χ1) is 9.65. The number of fused-ring (bicyclic) bond motifs is 1. The molecule has 0 radical (unpaired) electrons. The van der Waals surface area contributed by atoms with E-state index in [9.17, 15) is 0 Å². The highest BCUT2D eigenvalue weighted by Crippen LogP contribution is 2.22. The number of rotatable bonds is 3. The number of aryl methyl sites for hydroxylation is 3. The number of nitrogens with one attached hydrogen (secondary N) is 1. The van der Waals surface area contributed by atoms with E-state index in [2.05, 4.69) is 58.4 Å². The van der Waals surface area contributed by atoms with Crippen molar-refractivity contribution in [2.75, 3.05) is 5.32 Å². The number of anilines is 1. The lowest BCUT2D eigenvalue weighted by molar-refractivity contribution is 0.955. The van der Waals surface area contributed by atoms with Gasteiger partial charge in [-0.3, -0.25) is 4.98 Å². The monoisotopic (exact) mass is 265 g/mol. The van der Waals surface area contributed by atoms with Crippen LogP contribution in [-0.2, 0) is 13.6 Å². The summed E-state index contributed by atoms with van der Waals surface area (Å²) in [4.78, 5) is 4.49. The number of nitrogens with zero attached hydrogens (tertiary/aromatic N) is 2. The largest absolute Gasteiger partial charge is 0.379 e. The third-order valence-electron chi connectivity index (χ3n) is 3.67. The van der Waals surface area contributed by atoms with E-state index in [0.717, 1.165) is 23.6 Å². The van der Waals surface area contributed by atoms with Gasteiger partial charge < -0.3 is 9.88 Å². The van der Waals surface area contributed by atoms with Gasteiger partial charge in [-0.25, -0.2) is 0 Å². The third-order valence-corrected chi connectivity index (χ3v) is 3.67. The number of pyridine rings is 1. The molecule has 0 aliphatic heterocycles. The van der Waals surface area contributed by atoms with Crippen molar-refractivity contribution in [3.8, 4) is 0 Å². The molecular weight excluding hydrogens is 246 g/mol. The lowest BCUT2D eigenvalue weighted by Crippen LogP contribution is -2.02. The van der Waals surface area contributed by atoms with Crippen LogP contribution in [0.25, 0.3) is 10.9 Å². The van der Waals surface area contributed by atoms with Gasteiger partial charge in [-0.15, -0.1) is 0 Å². The molecule has 0 spiro atoms. The van der Waals surface area contributed by atoms with E-state index in [1.807, 2.05) is 19.9 Å². The highest BCUT2D eigenvalue weighted by molar-refractivity contribution is 5.84. The highest BCUT2D eigenvalue weighted by atomic mass is 14.9. The molecule has 0 bridgehead atoms. The quantitative estimate of drug-likeness (QED) is 0.780. The fourth-order valence-electron chi connectivity index (χ4n) is 2.63. The number of benzene rings is 1. The van der Waals surface area contributed by atoms with E-state index < -0.39 is 0 Å². The minimum Gasteiger partial charge on any atom is -0.379 e. The number of hydrogen-bond donors (Lipinski definition) is 1. The average Bonchev–Trinajstić information content (AvgIpc) is 2.75. The van der Waals surface area contributed by atoms with Gasteiger partial charge in [0.15, 0.2) is 0 Å². The predicted molar refractivity (Wildman–Crippen MR) is 84.0 cm³/mol. The van der Waals surface area contributed by atoms with Crippen molar-refractivity contribution in [3.05, 3.63) is 59.5 Å². The van der Waals surface area contributed by atoms with Crippen LogP contribution in [-0.4, -0.2) is 9.55 Å². The van der Waals surface area contributed by atoms with Gasteiger partial charge in [-0.05, 0) is 37.6 Å². The Balaban J connectivity index is 1.87. The fourth-order valence-corrected chi connectivity index (χ4v) is 2.63. The number of hydrogen-bond acceptors (Lipinski definition) is 2. The normalized spacial score (nSPS) is 10.9. The predicted octanol–water partition coefficient (Wildman–Crippen LogP) is 3.80. The van der Waals surface area contributed by atoms with Gasteiger partial charge in [-0.1, -0.05) is 18.2 Å². The van der Waals surface area contributed by atoms with E-state index in [-0.39, 0.29) is 0 Å². The van der Waals surface area contributed by atoms with Crippen molar-refractivity contribution in [3.63, 3.8) is 0 Å². The first-order valence-electron chi connectivity index (χ1n) is 6.86.